The number of aromatic nitrogens is 1. The van der Waals surface area contributed by atoms with Gasteiger partial charge in [0, 0.05) is 44.5 Å². The molecule has 1 amide bonds. The van der Waals surface area contributed by atoms with Crippen molar-refractivity contribution in [1.82, 2.24) is 14.2 Å². The van der Waals surface area contributed by atoms with Gasteiger partial charge in [0.25, 0.3) is 0 Å². The van der Waals surface area contributed by atoms with Crippen LogP contribution in [0.15, 0.2) is 18.3 Å². The minimum atomic E-state index is -3.17. The Balaban J connectivity index is 1.73. The Labute approximate surface area is 137 Å². The van der Waals surface area contributed by atoms with Crippen LogP contribution in [0, 0.1) is 5.92 Å². The second-order valence-electron chi connectivity index (χ2n) is 6.08. The quantitative estimate of drug-likeness (QED) is 0.774. The molecule has 0 spiro atoms. The number of aliphatic hydroxyl groups is 1. The average molecular weight is 343 g/mol. The molecule has 0 aliphatic carbocycles. The van der Waals surface area contributed by atoms with Gasteiger partial charge in [-0.05, 0) is 31.4 Å². The van der Waals surface area contributed by atoms with Crippen LogP contribution in [-0.4, -0.2) is 54.2 Å². The Morgan fingerprint density at radius 3 is 2.61 bits per heavy atom. The maximum absolute atomic E-state index is 12.1. The maximum Gasteiger partial charge on any atom is 0.223 e. The number of rotatable bonds is 6. The van der Waals surface area contributed by atoms with E-state index in [0.717, 1.165) is 5.69 Å². The first-order valence-electron chi connectivity index (χ1n) is 7.81. The Bertz CT molecular complexity index is 633. The van der Waals surface area contributed by atoms with E-state index >= 15 is 0 Å². The number of piperidine rings is 1. The lowest BCUT2D eigenvalue weighted by molar-refractivity contribution is -0.126. The topological polar surface area (TPSA) is 91.6 Å². The van der Waals surface area contributed by atoms with Gasteiger partial charge in [-0.15, -0.1) is 0 Å². The van der Waals surface area contributed by atoms with Crippen LogP contribution >= 0.6 is 0 Å². The summed E-state index contributed by atoms with van der Waals surface area (Å²) >= 11 is 0. The van der Waals surface area contributed by atoms with Crippen LogP contribution < -0.4 is 5.32 Å². The molecule has 0 bridgehead atoms. The molecule has 2 N–H and O–H groups in total. The zero-order chi connectivity index (χ0) is 17.0. The predicted octanol–water partition coefficient (Wildman–Crippen LogP) is 0.236. The smallest absolute Gasteiger partial charge is 0.223 e. The van der Waals surface area contributed by atoms with Crippen molar-refractivity contribution < 1.29 is 18.3 Å². The van der Waals surface area contributed by atoms with Crippen LogP contribution in [0.3, 0.4) is 0 Å². The second-order valence-corrected chi connectivity index (χ2v) is 8.06. The minimum Gasteiger partial charge on any atom is -0.387 e. The highest BCUT2D eigenvalue weighted by atomic mass is 32.2. The zero-order valence-electron chi connectivity index (χ0n) is 13.6. The fraction of sp³-hybridized carbons (Fsp3) is 0.667. The third-order valence-electron chi connectivity index (χ3n) is 4.34. The van der Waals surface area contributed by atoms with Gasteiger partial charge in [-0.1, -0.05) is 0 Å². The first-order valence-corrected chi connectivity index (χ1v) is 9.66. The summed E-state index contributed by atoms with van der Waals surface area (Å²) in [6, 6.07) is 3.72. The third kappa shape index (κ3) is 4.79. The molecule has 1 fully saturated rings. The number of hydrogen-bond acceptors (Lipinski definition) is 4. The van der Waals surface area contributed by atoms with E-state index in [-0.39, 0.29) is 11.8 Å². The fourth-order valence-corrected chi connectivity index (χ4v) is 3.77. The van der Waals surface area contributed by atoms with Crippen LogP contribution in [0.4, 0.5) is 0 Å². The van der Waals surface area contributed by atoms with Crippen molar-refractivity contribution in [2.45, 2.75) is 25.4 Å². The molecule has 23 heavy (non-hydrogen) atoms. The van der Waals surface area contributed by atoms with Gasteiger partial charge in [-0.25, -0.2) is 12.7 Å². The maximum atomic E-state index is 12.1. The molecule has 1 unspecified atom stereocenters. The average Bonchev–Trinajstić information content (AvgIpc) is 2.92. The van der Waals surface area contributed by atoms with Crippen LogP contribution in [0.2, 0.25) is 0 Å². The summed E-state index contributed by atoms with van der Waals surface area (Å²) in [4.78, 5) is 12.1. The molecular formula is C15H25N3O4S. The molecule has 2 heterocycles. The van der Waals surface area contributed by atoms with Crippen molar-refractivity contribution in [3.63, 3.8) is 0 Å². The van der Waals surface area contributed by atoms with E-state index < -0.39 is 16.1 Å². The molecule has 0 radical (unpaired) electrons. The SMILES string of the molecule is Cn1cccc1C(O)CCNC(=O)C1CCN(S(C)(=O)=O)CC1. The molecule has 0 aromatic carbocycles. The summed E-state index contributed by atoms with van der Waals surface area (Å²) in [7, 11) is -1.30. The summed E-state index contributed by atoms with van der Waals surface area (Å²) < 4.78 is 26.2. The van der Waals surface area contributed by atoms with E-state index in [9.17, 15) is 18.3 Å². The summed E-state index contributed by atoms with van der Waals surface area (Å²) in [5.74, 6) is -0.211. The molecule has 1 atom stereocenters. The first kappa shape index (κ1) is 18.0. The number of nitrogens with zero attached hydrogens (tertiary/aromatic N) is 2. The molecule has 8 heteroatoms. The molecule has 0 saturated carbocycles. The number of carbonyl (C=O) groups is 1. The van der Waals surface area contributed by atoms with E-state index in [4.69, 9.17) is 0 Å². The molecule has 1 aliphatic rings. The summed E-state index contributed by atoms with van der Waals surface area (Å²) in [6.07, 6.45) is 3.98. The largest absolute Gasteiger partial charge is 0.387 e. The Morgan fingerprint density at radius 1 is 1.43 bits per heavy atom. The monoisotopic (exact) mass is 343 g/mol. The molecule has 130 valence electrons. The van der Waals surface area contributed by atoms with Crippen molar-refractivity contribution in [2.75, 3.05) is 25.9 Å². The highest BCUT2D eigenvalue weighted by Crippen LogP contribution is 2.20. The minimum absolute atomic E-state index is 0.0581. The molecule has 1 aromatic heterocycles. The van der Waals surface area contributed by atoms with Crippen molar-refractivity contribution in [1.29, 1.82) is 0 Å². The molecule has 7 nitrogen and oxygen atoms in total. The predicted molar refractivity (Wildman–Crippen MR) is 87.1 cm³/mol. The van der Waals surface area contributed by atoms with Gasteiger partial charge in [0.2, 0.25) is 15.9 Å². The van der Waals surface area contributed by atoms with Gasteiger partial charge >= 0.3 is 0 Å². The normalized spacial score (nSPS) is 18.7. The van der Waals surface area contributed by atoms with E-state index in [2.05, 4.69) is 5.32 Å². The van der Waals surface area contributed by atoms with Crippen LogP contribution in [0.25, 0.3) is 0 Å². The van der Waals surface area contributed by atoms with Gasteiger partial charge in [-0.3, -0.25) is 4.79 Å². The van der Waals surface area contributed by atoms with E-state index in [1.165, 1.54) is 10.6 Å². The lowest BCUT2D eigenvalue weighted by atomic mass is 9.97. The number of amides is 1. The van der Waals surface area contributed by atoms with Gasteiger partial charge in [-0.2, -0.15) is 0 Å². The number of hydrogen-bond donors (Lipinski definition) is 2. The number of aliphatic hydroxyl groups excluding tert-OH is 1. The number of aryl methyl sites for hydroxylation is 1. The van der Waals surface area contributed by atoms with Gasteiger partial charge in [0.1, 0.15) is 0 Å². The molecule has 2 rings (SSSR count). The Morgan fingerprint density at radius 2 is 2.09 bits per heavy atom. The highest BCUT2D eigenvalue weighted by molar-refractivity contribution is 7.88. The third-order valence-corrected chi connectivity index (χ3v) is 5.64. The van der Waals surface area contributed by atoms with Gasteiger partial charge in [0.05, 0.1) is 12.4 Å². The lowest BCUT2D eigenvalue weighted by Crippen LogP contribution is -2.42. The van der Waals surface area contributed by atoms with Crippen molar-refractivity contribution in [2.24, 2.45) is 13.0 Å². The fourth-order valence-electron chi connectivity index (χ4n) is 2.89. The summed E-state index contributed by atoms with van der Waals surface area (Å²) in [5, 5.41) is 12.9. The van der Waals surface area contributed by atoms with E-state index in [1.807, 2.05) is 29.9 Å². The van der Waals surface area contributed by atoms with Crippen molar-refractivity contribution in [3.05, 3.63) is 24.0 Å². The Hall–Kier alpha value is -1.38. The second kappa shape index (κ2) is 7.46. The molecular weight excluding hydrogens is 318 g/mol. The standard InChI is InChI=1S/C15H25N3O4S/c1-17-9-3-4-13(17)14(19)5-8-16-15(20)12-6-10-18(11-7-12)23(2,21)22/h3-4,9,12,14,19H,5-8,10-11H2,1-2H3,(H,16,20). The lowest BCUT2D eigenvalue weighted by Gasteiger charge is -2.29. The Kier molecular flexibility index (Phi) is 5.83. The summed E-state index contributed by atoms with van der Waals surface area (Å²) in [6.45, 7) is 1.18. The number of nitrogens with one attached hydrogen (secondary N) is 1. The summed E-state index contributed by atoms with van der Waals surface area (Å²) in [5.41, 5.74) is 0.820. The van der Waals surface area contributed by atoms with Crippen LogP contribution in [0.5, 0.6) is 0 Å². The highest BCUT2D eigenvalue weighted by Gasteiger charge is 2.28. The van der Waals surface area contributed by atoms with E-state index in [0.29, 0.717) is 38.9 Å². The van der Waals surface area contributed by atoms with Gasteiger partial charge < -0.3 is 15.0 Å². The van der Waals surface area contributed by atoms with Crippen LogP contribution in [-0.2, 0) is 21.9 Å². The number of carbonyl (C=O) groups excluding carboxylic acids is 1. The first-order chi connectivity index (χ1) is 10.8. The van der Waals surface area contributed by atoms with Crippen molar-refractivity contribution >= 4 is 15.9 Å². The van der Waals surface area contributed by atoms with Crippen molar-refractivity contribution in [3.8, 4) is 0 Å². The molecule has 1 saturated heterocycles. The van der Waals surface area contributed by atoms with Crippen LogP contribution in [0.1, 0.15) is 31.1 Å². The molecule has 1 aliphatic heterocycles. The van der Waals surface area contributed by atoms with E-state index in [1.54, 1.807) is 0 Å². The number of sulfonamides is 1. The zero-order valence-corrected chi connectivity index (χ0v) is 14.4. The van der Waals surface area contributed by atoms with Gasteiger partial charge in [0.15, 0.2) is 0 Å². The molecule has 1 aromatic rings.